The van der Waals surface area contributed by atoms with Crippen LogP contribution in [0.15, 0.2) is 54.6 Å². The van der Waals surface area contributed by atoms with Crippen LogP contribution in [-0.4, -0.2) is 32.4 Å². The Morgan fingerprint density at radius 1 is 0.355 bits per heavy atom. The van der Waals surface area contributed by atoms with E-state index in [0.717, 1.165) is 85.5 Å². The summed E-state index contributed by atoms with van der Waals surface area (Å²) < 4.78 is 42.8. The number of halogens is 1. The number of carbonyl (C=O) groups excluding carboxylic acids is 1. The SMILES string of the molecule is CCCCCCCCOc1cc(COc2cc(OCc3cc(OCCCCCCCC)cc(OCCCCCCCC)c3)cc(C(=O)OI)c2)cc(OCCCCCCCC)c1. The van der Waals surface area contributed by atoms with E-state index in [-0.39, 0.29) is 13.2 Å². The van der Waals surface area contributed by atoms with Crippen molar-refractivity contribution in [3.63, 3.8) is 0 Å². The summed E-state index contributed by atoms with van der Waals surface area (Å²) in [5.41, 5.74) is 2.17. The van der Waals surface area contributed by atoms with Crippen molar-refractivity contribution < 1.29 is 36.3 Å². The van der Waals surface area contributed by atoms with Crippen molar-refractivity contribution in [1.29, 1.82) is 0 Å². The number of ether oxygens (including phenoxy) is 6. The molecule has 0 aliphatic heterocycles. The average molecular weight is 973 g/mol. The largest absolute Gasteiger partial charge is 0.493 e. The zero-order valence-electron chi connectivity index (χ0n) is 39.1. The molecule has 348 valence electrons. The van der Waals surface area contributed by atoms with Crippen LogP contribution in [0.4, 0.5) is 0 Å². The van der Waals surface area contributed by atoms with Gasteiger partial charge in [-0.2, -0.15) is 0 Å². The van der Waals surface area contributed by atoms with Crippen LogP contribution in [0.25, 0.3) is 0 Å². The van der Waals surface area contributed by atoms with E-state index in [1.165, 1.54) is 103 Å². The van der Waals surface area contributed by atoms with Crippen molar-refractivity contribution in [3.05, 3.63) is 71.3 Å². The molecule has 62 heavy (non-hydrogen) atoms. The lowest BCUT2D eigenvalue weighted by molar-refractivity contribution is 0.0799. The molecule has 9 heteroatoms. The smallest absolute Gasteiger partial charge is 0.347 e. The highest BCUT2D eigenvalue weighted by Crippen LogP contribution is 2.30. The molecule has 0 saturated heterocycles. The molecule has 0 aliphatic rings. The Morgan fingerprint density at radius 2 is 0.613 bits per heavy atom. The van der Waals surface area contributed by atoms with Crippen LogP contribution >= 0.6 is 23.0 Å². The summed E-state index contributed by atoms with van der Waals surface area (Å²) in [5, 5.41) is 0. The van der Waals surface area contributed by atoms with Gasteiger partial charge in [-0.05, 0) is 73.2 Å². The highest BCUT2D eigenvalue weighted by Gasteiger charge is 2.14. The van der Waals surface area contributed by atoms with Gasteiger partial charge in [0, 0.05) is 18.2 Å². The first-order valence-electron chi connectivity index (χ1n) is 24.5. The molecule has 0 N–H and O–H groups in total. The molecule has 0 unspecified atom stereocenters. The number of carbonyl (C=O) groups is 1. The van der Waals surface area contributed by atoms with Crippen molar-refractivity contribution in [2.45, 2.75) is 195 Å². The molecule has 0 atom stereocenters. The van der Waals surface area contributed by atoms with E-state index in [2.05, 4.69) is 27.7 Å². The van der Waals surface area contributed by atoms with E-state index >= 15 is 0 Å². The van der Waals surface area contributed by atoms with Crippen LogP contribution in [0.3, 0.4) is 0 Å². The van der Waals surface area contributed by atoms with E-state index in [9.17, 15) is 4.79 Å². The Morgan fingerprint density at radius 3 is 0.887 bits per heavy atom. The molecule has 3 aromatic carbocycles. The third kappa shape index (κ3) is 24.5. The first-order valence-corrected chi connectivity index (χ1v) is 25.4. The van der Waals surface area contributed by atoms with E-state index < -0.39 is 5.97 Å². The molecule has 8 nitrogen and oxygen atoms in total. The first kappa shape index (κ1) is 53.0. The van der Waals surface area contributed by atoms with Gasteiger partial charge in [0.2, 0.25) is 0 Å². The number of hydrogen-bond acceptors (Lipinski definition) is 8. The van der Waals surface area contributed by atoms with Crippen molar-refractivity contribution in [3.8, 4) is 34.5 Å². The van der Waals surface area contributed by atoms with Gasteiger partial charge < -0.3 is 31.5 Å². The van der Waals surface area contributed by atoms with Crippen molar-refractivity contribution >= 4 is 29.0 Å². The molecule has 3 aromatic rings. The minimum atomic E-state index is -0.480. The fourth-order valence-corrected chi connectivity index (χ4v) is 7.54. The highest BCUT2D eigenvalue weighted by molar-refractivity contribution is 14.1. The number of rotatable bonds is 39. The third-order valence-electron chi connectivity index (χ3n) is 10.9. The minimum Gasteiger partial charge on any atom is -0.493 e. The molecule has 0 radical (unpaired) electrons. The maximum atomic E-state index is 12.8. The van der Waals surface area contributed by atoms with Crippen LogP contribution in [0.5, 0.6) is 34.5 Å². The van der Waals surface area contributed by atoms with Crippen molar-refractivity contribution in [2.24, 2.45) is 0 Å². The van der Waals surface area contributed by atoms with Crippen LogP contribution in [0.2, 0.25) is 0 Å². The van der Waals surface area contributed by atoms with E-state index in [0.29, 0.717) is 43.5 Å². The van der Waals surface area contributed by atoms with Gasteiger partial charge in [-0.1, -0.05) is 156 Å². The lowest BCUT2D eigenvalue weighted by Crippen LogP contribution is -2.05. The quantitative estimate of drug-likeness (QED) is 0.0413. The van der Waals surface area contributed by atoms with E-state index in [1.807, 2.05) is 42.5 Å². The molecule has 0 amide bonds. The fraction of sp³-hybridized carbons (Fsp3) is 0.642. The summed E-state index contributed by atoms with van der Waals surface area (Å²) in [7, 11) is 0. The molecular formula is C53H81IO8. The van der Waals surface area contributed by atoms with E-state index in [1.54, 1.807) is 35.1 Å². The zero-order chi connectivity index (χ0) is 44.3. The molecular weight excluding hydrogens is 891 g/mol. The Labute approximate surface area is 390 Å². The van der Waals surface area contributed by atoms with Crippen LogP contribution < -0.4 is 28.4 Å². The predicted octanol–water partition coefficient (Wildman–Crippen LogP) is 16.3. The van der Waals surface area contributed by atoms with Crippen molar-refractivity contribution in [1.82, 2.24) is 0 Å². The predicted molar refractivity (Wildman–Crippen MR) is 263 cm³/mol. The van der Waals surface area contributed by atoms with Gasteiger partial charge in [-0.3, -0.25) is 0 Å². The lowest BCUT2D eigenvalue weighted by Gasteiger charge is -2.15. The highest BCUT2D eigenvalue weighted by atomic mass is 127. The second kappa shape index (κ2) is 35.1. The molecule has 0 spiro atoms. The Hall–Kier alpha value is -3.34. The fourth-order valence-electron chi connectivity index (χ4n) is 7.29. The number of hydrogen-bond donors (Lipinski definition) is 0. The molecule has 0 bridgehead atoms. The first-order chi connectivity index (χ1) is 30.5. The van der Waals surface area contributed by atoms with Gasteiger partial charge in [0.15, 0.2) is 23.0 Å². The summed E-state index contributed by atoms with van der Waals surface area (Å²) >= 11 is 1.62. The monoisotopic (exact) mass is 972 g/mol. The summed E-state index contributed by atoms with van der Waals surface area (Å²) in [4.78, 5) is 12.8. The summed E-state index contributed by atoms with van der Waals surface area (Å²) in [6.45, 7) is 12.1. The van der Waals surface area contributed by atoms with Gasteiger partial charge in [-0.15, -0.1) is 0 Å². The number of benzene rings is 3. The zero-order valence-corrected chi connectivity index (χ0v) is 41.2. The van der Waals surface area contributed by atoms with Gasteiger partial charge in [0.1, 0.15) is 47.7 Å². The van der Waals surface area contributed by atoms with Gasteiger partial charge in [0.25, 0.3) is 0 Å². The van der Waals surface area contributed by atoms with Crippen molar-refractivity contribution in [2.75, 3.05) is 26.4 Å². The third-order valence-corrected chi connectivity index (χ3v) is 11.3. The van der Waals surface area contributed by atoms with Crippen LogP contribution in [0.1, 0.15) is 203 Å². The number of unbranched alkanes of at least 4 members (excludes halogenated alkanes) is 20. The Balaban J connectivity index is 1.72. The normalized spacial score (nSPS) is 11.0. The molecule has 0 heterocycles. The average Bonchev–Trinajstić information content (AvgIpc) is 3.28. The van der Waals surface area contributed by atoms with Crippen LogP contribution in [-0.2, 0) is 16.3 Å². The molecule has 3 rings (SSSR count). The Kier molecular flexibility index (Phi) is 30.0. The molecule has 0 saturated carbocycles. The second-order valence-electron chi connectivity index (χ2n) is 16.7. The van der Waals surface area contributed by atoms with Gasteiger partial charge in [0.05, 0.1) is 32.0 Å². The van der Waals surface area contributed by atoms with Gasteiger partial charge >= 0.3 is 5.97 Å². The van der Waals surface area contributed by atoms with Gasteiger partial charge in [-0.25, -0.2) is 4.79 Å². The molecule has 0 aliphatic carbocycles. The summed E-state index contributed by atoms with van der Waals surface area (Å²) in [6.07, 6.45) is 28.9. The summed E-state index contributed by atoms with van der Waals surface area (Å²) in [5.74, 6) is 3.61. The standard InChI is InChI=1S/C53H81IO8/c1-5-9-13-17-21-25-29-56-47-33-44(34-48(39-47)57-30-26-22-18-14-10-6-2)42-60-51-37-46(53(55)62-54)38-52(41-51)61-43-45-35-49(58-31-27-23-19-15-11-7-3)40-50(36-45)59-32-28-24-20-16-12-8-4/h33-41H,5-32,42-43H2,1-4H3. The molecule has 0 fully saturated rings. The topological polar surface area (TPSA) is 81.7 Å². The Bertz CT molecular complexity index is 1420. The lowest BCUT2D eigenvalue weighted by atomic mass is 10.1. The van der Waals surface area contributed by atoms with E-state index in [4.69, 9.17) is 31.5 Å². The maximum Gasteiger partial charge on any atom is 0.347 e. The second-order valence-corrected chi connectivity index (χ2v) is 17.2. The molecule has 0 aromatic heterocycles. The van der Waals surface area contributed by atoms with Crippen LogP contribution in [0, 0.1) is 0 Å². The summed E-state index contributed by atoms with van der Waals surface area (Å²) in [6, 6.07) is 17.2. The minimum absolute atomic E-state index is 0.251. The maximum absolute atomic E-state index is 12.8.